The molecule has 2 saturated carbocycles. The van der Waals surface area contributed by atoms with Crippen LogP contribution in [0.5, 0.6) is 0 Å². The van der Waals surface area contributed by atoms with Crippen molar-refractivity contribution < 1.29 is 82.2 Å². The highest BCUT2D eigenvalue weighted by atomic mass is 16.5. The van der Waals surface area contributed by atoms with Crippen molar-refractivity contribution in [2.24, 2.45) is 32.8 Å². The van der Waals surface area contributed by atoms with Crippen LogP contribution in [0.3, 0.4) is 0 Å². The normalized spacial score (nSPS) is 21.2. The summed E-state index contributed by atoms with van der Waals surface area (Å²) >= 11 is 0. The summed E-state index contributed by atoms with van der Waals surface area (Å²) in [6.45, 7) is 39.0. The molecule has 14 N–H and O–H groups in total. The van der Waals surface area contributed by atoms with Gasteiger partial charge in [0.25, 0.3) is 0 Å². The van der Waals surface area contributed by atoms with Crippen molar-refractivity contribution in [2.75, 3.05) is 121 Å². The molecule has 5 fully saturated rings. The Bertz CT molecular complexity index is 4810. The Morgan fingerprint density at radius 1 is 0.333 bits per heavy atom. The average Bonchev–Trinajstić information content (AvgIpc) is 1.65. The van der Waals surface area contributed by atoms with Crippen molar-refractivity contribution in [2.45, 2.75) is 344 Å². The van der Waals surface area contributed by atoms with Gasteiger partial charge in [0, 0.05) is 105 Å². The van der Waals surface area contributed by atoms with E-state index in [1.807, 2.05) is 104 Å². The van der Waals surface area contributed by atoms with Crippen LogP contribution in [0.1, 0.15) is 321 Å². The van der Waals surface area contributed by atoms with Crippen molar-refractivity contribution in [3.05, 3.63) is 84.8 Å². The smallest absolute Gasteiger partial charge is 0.342 e. The van der Waals surface area contributed by atoms with Crippen molar-refractivity contribution in [3.8, 4) is 0 Å². The predicted molar refractivity (Wildman–Crippen MR) is 531 cm³/mol. The van der Waals surface area contributed by atoms with Gasteiger partial charge in [0.15, 0.2) is 0 Å². The molecule has 40 heteroatoms. The monoisotopic (exact) mass is 1970 g/mol. The minimum atomic E-state index is -0.794. The van der Waals surface area contributed by atoms with Crippen molar-refractivity contribution in [3.63, 3.8) is 0 Å². The highest BCUT2D eigenvalue weighted by molar-refractivity contribution is 5.92. The van der Waals surface area contributed by atoms with Gasteiger partial charge in [0.2, 0.25) is 29.5 Å². The van der Waals surface area contributed by atoms with Crippen molar-refractivity contribution in [1.29, 1.82) is 0 Å². The number of hydrogen-bond acceptors (Lipinski definition) is 25. The number of fused-ring (bicyclic) bond motifs is 5. The van der Waals surface area contributed by atoms with E-state index in [4.69, 9.17) is 45.1 Å². The molecule has 0 aromatic carbocycles. The molecule has 0 unspecified atom stereocenters. The summed E-state index contributed by atoms with van der Waals surface area (Å²) in [6.07, 6.45) is 18.8. The summed E-state index contributed by atoms with van der Waals surface area (Å²) in [5.74, 6) is 0.0264. The largest absolute Gasteiger partial charge is 0.395 e. The number of carbonyl (C=O) groups excluding carboxylic acids is 10. The van der Waals surface area contributed by atoms with E-state index in [1.54, 1.807) is 25.8 Å². The molecule has 0 bridgehead atoms. The molecule has 10 aliphatic rings. The number of amides is 10. The summed E-state index contributed by atoms with van der Waals surface area (Å²) in [6, 6.07) is -5.32. The van der Waals surface area contributed by atoms with Gasteiger partial charge in [-0.25, -0.2) is 24.0 Å². The molecular weight excluding hydrogens is 1810 g/mol. The number of nitrogens with zero attached hydrogens (tertiary/aromatic N) is 13. The lowest BCUT2D eigenvalue weighted by molar-refractivity contribution is -0.126. The fourth-order valence-corrected chi connectivity index (χ4v) is 20.8. The summed E-state index contributed by atoms with van der Waals surface area (Å²) in [5.41, 5.74) is 18.0. The topological polar surface area (TPSA) is 501 Å². The van der Waals surface area contributed by atoms with Gasteiger partial charge in [-0.05, 0) is 209 Å². The number of likely N-dealkylation sites (tertiary alicyclic amines) is 3. The van der Waals surface area contributed by atoms with E-state index >= 15 is 0 Å². The molecule has 15 rings (SSSR count). The zero-order valence-corrected chi connectivity index (χ0v) is 87.7. The molecule has 786 valence electrons. The quantitative estimate of drug-likeness (QED) is 0.0423. The molecule has 0 radical (unpaired) electrons. The maximum absolute atomic E-state index is 13.2. The first-order valence-electron chi connectivity index (χ1n) is 51.2. The minimum Gasteiger partial charge on any atom is -0.395 e. The number of aliphatic hydroxyl groups excluding tert-OH is 3. The number of carbonyl (C=O) groups is 10. The number of ether oxygens (including phenoxy) is 4. The van der Waals surface area contributed by atoms with E-state index < -0.39 is 69.8 Å². The van der Waals surface area contributed by atoms with Crippen molar-refractivity contribution >= 4 is 59.7 Å². The first-order chi connectivity index (χ1) is 66.6. The average molecular weight is 1970 g/mol. The number of rotatable bonds is 17. The van der Waals surface area contributed by atoms with E-state index in [0.29, 0.717) is 96.3 Å². The van der Waals surface area contributed by atoms with Crippen LogP contribution in [-0.4, -0.2) is 302 Å². The zero-order valence-electron chi connectivity index (χ0n) is 87.7. The maximum atomic E-state index is 13.2. The third-order valence-electron chi connectivity index (χ3n) is 29.2. The van der Waals surface area contributed by atoms with Crippen LogP contribution in [0.25, 0.3) is 0 Å². The standard InChI is InChI=1S/C21H35N5O4.C21H35N5O2.C20H33N5O3.C20H32N4O4.C19H30N4O4/c1-21(2,3)18(19(28)22-8-11-27)23-20(29)26-16-7-12-30-13-15(16)17(24-26)14-5-9-25(4)10-6-14;1-21(2,3)18(19(27)22-4)23-20(28)26-16-9-7-6-8-15(16)17(24-26)14-10-12-25(5)13-11-14;1-20(2,3)17(18(26)21-4)22-19(27)25-15-8-11-28-12-14(15)16(23-25)13-6-9-24(5)10-7-13;1-20(2,3)17(18(26)21-4)22-19(27)24-15-9-10-28-11-14(15)16(23-24)12-5-7-13(25)8-6-12;1-19(2,3)16(17(20)25)21-18(26)23-14-8-9-27-10-13(14)15(22-23)11-4-6-12(24)7-5-11/h14,18,27H,5-13H2,1-4H3,(H,22,28)(H,23,29);14,18H,6-13H2,1-5H3,(H,22,27)(H,23,28);13,17H,6-12H2,1-5H3,(H,21,26)(H,22,27);12-13,17,25H,5-11H2,1-4H3,(H,21,26)(H,22,27);11-12,16,24H,4-10H2,1-3H3,(H2,20,25)(H,21,26)/t2*18-;17-;12?,13?,17-;11?,12?,16-/m11111/s1. The third kappa shape index (κ3) is 28.3. The lowest BCUT2D eigenvalue weighted by atomic mass is 9.83. The van der Waals surface area contributed by atoms with Gasteiger partial charge in [-0.1, -0.05) is 104 Å². The van der Waals surface area contributed by atoms with Gasteiger partial charge in [0.1, 0.15) is 30.2 Å². The first-order valence-corrected chi connectivity index (χ1v) is 51.2. The Morgan fingerprint density at radius 2 is 0.560 bits per heavy atom. The van der Waals surface area contributed by atoms with E-state index in [0.717, 1.165) is 234 Å². The second-order valence-corrected chi connectivity index (χ2v) is 45.3. The molecule has 0 spiro atoms. The SMILES string of the molecule is CC(C)(C)[C@H](NC(=O)n1nc(C2CCC(O)CC2)c2c1CCOC2)C(N)=O.CN1CCC(c2nn(C(=O)N[C@H](C(=O)NCCO)C(C)(C)C)c3c2COCC3)CC1.CNC(=O)[C@@H](NC(=O)n1nc(C2CCC(O)CC2)c2c1CCOC2)C(C)(C)C.CNC(=O)[C@@H](NC(=O)n1nc(C2CCN(C)CC2)c2c1CCCC2)C(C)(C)C.CNC(=O)[C@@H](NC(=O)n1nc(C2CCN(C)CC2)c2c1CCOC2)C(C)(C)C. The second-order valence-electron chi connectivity index (χ2n) is 45.3. The second kappa shape index (κ2) is 48.8. The Hall–Kier alpha value is -9.65. The zero-order chi connectivity index (χ0) is 103. The molecule has 10 amide bonds. The van der Waals surface area contributed by atoms with Crippen LogP contribution >= 0.6 is 0 Å². The van der Waals surface area contributed by atoms with Gasteiger partial charge in [-0.3, -0.25) is 24.0 Å². The number of aromatic nitrogens is 10. The van der Waals surface area contributed by atoms with Gasteiger partial charge >= 0.3 is 30.2 Å². The van der Waals surface area contributed by atoms with Crippen molar-refractivity contribution in [1.82, 2.24) is 111 Å². The van der Waals surface area contributed by atoms with Crippen LogP contribution in [0.2, 0.25) is 0 Å². The number of hydrogen-bond donors (Lipinski definition) is 13. The fraction of sp³-hybridized carbons (Fsp3) is 0.752. The van der Waals surface area contributed by atoms with E-state index in [-0.39, 0.29) is 84.3 Å². The Kier molecular flexibility index (Phi) is 38.7. The summed E-state index contributed by atoms with van der Waals surface area (Å²) in [4.78, 5) is 134. The summed E-state index contributed by atoms with van der Waals surface area (Å²) in [7, 11) is 11.2. The van der Waals surface area contributed by atoms with E-state index in [1.165, 1.54) is 24.3 Å². The number of piperidine rings is 3. The lowest BCUT2D eigenvalue weighted by Crippen LogP contribution is -2.55. The van der Waals surface area contributed by atoms with Crippen LogP contribution in [-0.2, 0) is 108 Å². The molecule has 5 aromatic heterocycles. The van der Waals surface area contributed by atoms with E-state index in [9.17, 15) is 58.2 Å². The highest BCUT2D eigenvalue weighted by Gasteiger charge is 2.44. The summed E-state index contributed by atoms with van der Waals surface area (Å²) < 4.78 is 29.9. The predicted octanol–water partition coefficient (Wildman–Crippen LogP) is 7.74. The van der Waals surface area contributed by atoms with Gasteiger partial charge < -0.3 is 103 Å². The molecule has 12 heterocycles. The Balaban J connectivity index is 0.000000169. The number of nitrogens with two attached hydrogens (primary N) is 1. The molecule has 5 aromatic rings. The molecule has 40 nitrogen and oxygen atoms in total. The third-order valence-corrected chi connectivity index (χ3v) is 29.2. The summed E-state index contributed by atoms with van der Waals surface area (Å²) in [5, 5.41) is 77.1. The minimum absolute atomic E-state index is 0.149. The van der Waals surface area contributed by atoms with Gasteiger partial charge in [0.05, 0.1) is 129 Å². The fourth-order valence-electron chi connectivity index (χ4n) is 20.8. The number of primary amides is 1. The molecule has 3 aliphatic carbocycles. The maximum Gasteiger partial charge on any atom is 0.342 e. The van der Waals surface area contributed by atoms with Crippen LogP contribution in [0, 0.1) is 27.1 Å². The number of nitrogens with one attached hydrogen (secondary N) is 9. The lowest BCUT2D eigenvalue weighted by Gasteiger charge is -2.30. The molecule has 7 aliphatic heterocycles. The van der Waals surface area contributed by atoms with Crippen LogP contribution in [0.15, 0.2) is 0 Å². The van der Waals surface area contributed by atoms with E-state index in [2.05, 4.69) is 93.9 Å². The van der Waals surface area contributed by atoms with Crippen LogP contribution < -0.4 is 53.6 Å². The Labute approximate surface area is 831 Å². The highest BCUT2D eigenvalue weighted by Crippen LogP contribution is 2.42. The first kappa shape index (κ1) is 112. The van der Waals surface area contributed by atoms with Gasteiger partial charge in [-0.15, -0.1) is 0 Å². The number of aliphatic hydroxyl groups is 3. The Morgan fingerprint density at radius 3 is 0.801 bits per heavy atom. The molecular formula is C101H165N23O17. The molecule has 3 saturated heterocycles. The molecule has 141 heavy (non-hydrogen) atoms. The molecule has 5 atom stereocenters. The number of likely N-dealkylation sites (N-methyl/N-ethyl adjacent to an activating group) is 3. The van der Waals surface area contributed by atoms with Crippen LogP contribution in [0.4, 0.5) is 24.0 Å². The van der Waals surface area contributed by atoms with Gasteiger partial charge in [-0.2, -0.15) is 48.9 Å².